The number of nitrogens with one attached hydrogen (secondary N) is 1. The molecule has 0 saturated carbocycles. The standard InChI is InChI=1S/C25H28BrN3O2S/c1-25(2,3)31-24(30)28-13-12-21-20(16-28)22(18-10-7-11-19(26)14-18)27-23(32)29(21)15-17-8-5-4-6-9-17/h4-11,14,22H,12-13,15-16H2,1-3H3,(H,27,32)/t22-/m1/s1. The van der Waals surface area contributed by atoms with Crippen LogP contribution in [-0.4, -0.2) is 39.7 Å². The molecule has 32 heavy (non-hydrogen) atoms. The molecule has 0 fully saturated rings. The Morgan fingerprint density at radius 3 is 2.62 bits per heavy atom. The number of rotatable bonds is 3. The molecule has 168 valence electrons. The molecule has 2 aliphatic heterocycles. The first kappa shape index (κ1) is 22.8. The quantitative estimate of drug-likeness (QED) is 0.527. The first-order chi connectivity index (χ1) is 15.2. The van der Waals surface area contributed by atoms with Crippen molar-refractivity contribution in [1.29, 1.82) is 0 Å². The molecule has 0 aliphatic carbocycles. The lowest BCUT2D eigenvalue weighted by atomic mass is 9.91. The van der Waals surface area contributed by atoms with Gasteiger partial charge in [-0.2, -0.15) is 0 Å². The second kappa shape index (κ2) is 9.24. The van der Waals surface area contributed by atoms with Gasteiger partial charge in [-0.25, -0.2) is 4.79 Å². The maximum absolute atomic E-state index is 12.8. The maximum Gasteiger partial charge on any atom is 0.410 e. The van der Waals surface area contributed by atoms with Crippen molar-refractivity contribution in [3.05, 3.63) is 81.5 Å². The van der Waals surface area contributed by atoms with Crippen LogP contribution in [0, 0.1) is 0 Å². The van der Waals surface area contributed by atoms with Crippen molar-refractivity contribution in [2.24, 2.45) is 0 Å². The Bertz CT molecular complexity index is 1050. The molecule has 0 unspecified atom stereocenters. The largest absolute Gasteiger partial charge is 0.444 e. The highest BCUT2D eigenvalue weighted by Gasteiger charge is 2.37. The summed E-state index contributed by atoms with van der Waals surface area (Å²) in [4.78, 5) is 16.8. The number of carbonyl (C=O) groups is 1. The number of amides is 1. The highest BCUT2D eigenvalue weighted by molar-refractivity contribution is 9.10. The number of ether oxygens (including phenoxy) is 1. The zero-order chi connectivity index (χ0) is 22.9. The molecule has 7 heteroatoms. The molecular formula is C25H28BrN3O2S. The molecule has 5 nitrogen and oxygen atoms in total. The van der Waals surface area contributed by atoms with Crippen LogP contribution in [0.3, 0.4) is 0 Å². The Morgan fingerprint density at radius 2 is 1.94 bits per heavy atom. The van der Waals surface area contributed by atoms with Crippen LogP contribution in [0.2, 0.25) is 0 Å². The zero-order valence-electron chi connectivity index (χ0n) is 18.6. The lowest BCUT2D eigenvalue weighted by Gasteiger charge is -2.44. The first-order valence-electron chi connectivity index (χ1n) is 10.8. The highest BCUT2D eigenvalue weighted by atomic mass is 79.9. The Morgan fingerprint density at radius 1 is 1.19 bits per heavy atom. The van der Waals surface area contributed by atoms with Crippen LogP contribution in [0.1, 0.15) is 44.4 Å². The summed E-state index contributed by atoms with van der Waals surface area (Å²) in [7, 11) is 0. The third kappa shape index (κ3) is 5.15. The van der Waals surface area contributed by atoms with Gasteiger partial charge in [0.2, 0.25) is 0 Å². The number of hydrogen-bond acceptors (Lipinski definition) is 3. The maximum atomic E-state index is 12.8. The Labute approximate surface area is 203 Å². The first-order valence-corrected chi connectivity index (χ1v) is 12.0. The summed E-state index contributed by atoms with van der Waals surface area (Å²) in [5.74, 6) is 0. The van der Waals surface area contributed by atoms with Gasteiger partial charge >= 0.3 is 6.09 Å². The van der Waals surface area contributed by atoms with E-state index in [1.807, 2.05) is 51.1 Å². The molecular weight excluding hydrogens is 486 g/mol. The van der Waals surface area contributed by atoms with E-state index in [9.17, 15) is 4.79 Å². The average Bonchev–Trinajstić information content (AvgIpc) is 2.74. The van der Waals surface area contributed by atoms with Crippen LogP contribution in [0.5, 0.6) is 0 Å². The van der Waals surface area contributed by atoms with Gasteiger partial charge in [0.05, 0.1) is 6.04 Å². The molecule has 0 aromatic heterocycles. The van der Waals surface area contributed by atoms with Crippen molar-refractivity contribution in [2.75, 3.05) is 13.1 Å². The molecule has 2 aromatic carbocycles. The van der Waals surface area contributed by atoms with Gasteiger partial charge in [0.15, 0.2) is 5.11 Å². The smallest absolute Gasteiger partial charge is 0.410 e. The molecule has 2 aromatic rings. The summed E-state index contributed by atoms with van der Waals surface area (Å²) in [6.07, 6.45) is 0.452. The molecule has 2 aliphatic rings. The lowest BCUT2D eigenvalue weighted by Crippen LogP contribution is -2.52. The zero-order valence-corrected chi connectivity index (χ0v) is 21.0. The average molecular weight is 514 g/mol. The van der Waals surface area contributed by atoms with Crippen LogP contribution in [0.25, 0.3) is 0 Å². The monoisotopic (exact) mass is 513 g/mol. The molecule has 2 heterocycles. The van der Waals surface area contributed by atoms with E-state index in [0.717, 1.165) is 22.0 Å². The van der Waals surface area contributed by atoms with E-state index in [1.54, 1.807) is 4.90 Å². The number of thiocarbonyl (C=S) groups is 1. The fraction of sp³-hybridized carbons (Fsp3) is 0.360. The third-order valence-electron chi connectivity index (χ3n) is 5.55. The molecule has 0 saturated heterocycles. The molecule has 4 rings (SSSR count). The van der Waals surface area contributed by atoms with Crippen LogP contribution < -0.4 is 5.32 Å². The van der Waals surface area contributed by atoms with Crippen molar-refractivity contribution in [3.8, 4) is 0 Å². The summed E-state index contributed by atoms with van der Waals surface area (Å²) in [6, 6.07) is 18.5. The van der Waals surface area contributed by atoms with Crippen LogP contribution >= 0.6 is 28.1 Å². The predicted octanol–water partition coefficient (Wildman–Crippen LogP) is 5.78. The van der Waals surface area contributed by atoms with Gasteiger partial charge in [-0.1, -0.05) is 58.4 Å². The normalized spacial score (nSPS) is 18.9. The van der Waals surface area contributed by atoms with Gasteiger partial charge in [-0.3, -0.25) is 0 Å². The Balaban J connectivity index is 1.70. The molecule has 1 amide bonds. The SMILES string of the molecule is CC(C)(C)OC(=O)N1CCC2=C(C1)[C@@H](c1cccc(Br)c1)NC(=S)N2Cc1ccccc1. The molecule has 0 radical (unpaired) electrons. The number of carbonyl (C=O) groups excluding carboxylic acids is 1. The van der Waals surface area contributed by atoms with Crippen molar-refractivity contribution in [2.45, 2.75) is 45.4 Å². The predicted molar refractivity (Wildman–Crippen MR) is 134 cm³/mol. The van der Waals surface area contributed by atoms with Crippen molar-refractivity contribution in [1.82, 2.24) is 15.1 Å². The van der Waals surface area contributed by atoms with E-state index in [0.29, 0.717) is 24.7 Å². The molecule has 0 spiro atoms. The summed E-state index contributed by atoms with van der Waals surface area (Å²) >= 11 is 9.41. The molecule has 1 atom stereocenters. The highest BCUT2D eigenvalue weighted by Crippen LogP contribution is 2.37. The van der Waals surface area contributed by atoms with Crippen LogP contribution in [0.4, 0.5) is 4.79 Å². The van der Waals surface area contributed by atoms with Gasteiger partial charge in [0.1, 0.15) is 5.60 Å². The van der Waals surface area contributed by atoms with Crippen LogP contribution in [0.15, 0.2) is 70.3 Å². The van der Waals surface area contributed by atoms with E-state index in [-0.39, 0.29) is 12.1 Å². The number of hydrogen-bond donors (Lipinski definition) is 1. The number of nitrogens with zero attached hydrogens (tertiary/aromatic N) is 2. The topological polar surface area (TPSA) is 44.8 Å². The van der Waals surface area contributed by atoms with Gasteiger partial charge < -0.3 is 19.9 Å². The van der Waals surface area contributed by atoms with Gasteiger partial charge in [-0.05, 0) is 61.8 Å². The Kier molecular flexibility index (Phi) is 6.58. The number of benzene rings is 2. The van der Waals surface area contributed by atoms with E-state index < -0.39 is 5.60 Å². The van der Waals surface area contributed by atoms with E-state index in [4.69, 9.17) is 17.0 Å². The summed E-state index contributed by atoms with van der Waals surface area (Å²) in [5, 5.41) is 4.25. The second-order valence-corrected chi connectivity index (χ2v) is 10.4. The summed E-state index contributed by atoms with van der Waals surface area (Å²) in [5.41, 5.74) is 4.13. The molecule has 1 N–H and O–H groups in total. The summed E-state index contributed by atoms with van der Waals surface area (Å²) < 4.78 is 6.67. The minimum Gasteiger partial charge on any atom is -0.444 e. The van der Waals surface area contributed by atoms with Gasteiger partial charge in [0, 0.05) is 36.2 Å². The minimum absolute atomic E-state index is 0.0905. The third-order valence-corrected chi connectivity index (χ3v) is 6.39. The van der Waals surface area contributed by atoms with Crippen molar-refractivity contribution >= 4 is 39.4 Å². The van der Waals surface area contributed by atoms with E-state index in [2.05, 4.69) is 50.4 Å². The van der Waals surface area contributed by atoms with E-state index >= 15 is 0 Å². The fourth-order valence-corrected chi connectivity index (χ4v) is 4.85. The summed E-state index contributed by atoms with van der Waals surface area (Å²) in [6.45, 7) is 7.49. The second-order valence-electron chi connectivity index (χ2n) is 9.13. The van der Waals surface area contributed by atoms with Crippen molar-refractivity contribution in [3.63, 3.8) is 0 Å². The van der Waals surface area contributed by atoms with Crippen molar-refractivity contribution < 1.29 is 9.53 Å². The van der Waals surface area contributed by atoms with Gasteiger partial charge in [0.25, 0.3) is 0 Å². The van der Waals surface area contributed by atoms with E-state index in [1.165, 1.54) is 11.3 Å². The molecule has 0 bridgehead atoms. The minimum atomic E-state index is -0.527. The Hall–Kier alpha value is -2.38. The fourth-order valence-electron chi connectivity index (χ4n) is 4.14. The lowest BCUT2D eigenvalue weighted by molar-refractivity contribution is 0.0249. The van der Waals surface area contributed by atoms with Gasteiger partial charge in [-0.15, -0.1) is 0 Å². The number of halogens is 1. The van der Waals surface area contributed by atoms with Crippen LogP contribution in [-0.2, 0) is 11.3 Å².